The van der Waals surface area contributed by atoms with Crippen LogP contribution in [-0.4, -0.2) is 124 Å². The topological polar surface area (TPSA) is 111 Å². The second kappa shape index (κ2) is 15.8. The average Bonchev–Trinajstić information content (AvgIpc) is 3.65. The van der Waals surface area contributed by atoms with Crippen LogP contribution < -0.4 is 9.64 Å². The van der Waals surface area contributed by atoms with Gasteiger partial charge < -0.3 is 19.3 Å². The largest absolute Gasteiger partial charge is 0.461 e. The van der Waals surface area contributed by atoms with Crippen molar-refractivity contribution in [2.24, 2.45) is 0 Å². The van der Waals surface area contributed by atoms with Crippen molar-refractivity contribution in [1.82, 2.24) is 29.7 Å². The molecule has 0 unspecified atom stereocenters. The molecule has 11 nitrogen and oxygen atoms in total. The van der Waals surface area contributed by atoms with E-state index in [1.807, 2.05) is 18.7 Å². The minimum atomic E-state index is -4.91. The summed E-state index contributed by atoms with van der Waals surface area (Å²) >= 11 is 5.98. The fourth-order valence-corrected chi connectivity index (χ4v) is 8.90. The Bertz CT molecular complexity index is 1990. The van der Waals surface area contributed by atoms with Crippen LogP contribution in [0.2, 0.25) is 5.02 Å². The minimum absolute atomic E-state index is 0.00452. The zero-order valence-electron chi connectivity index (χ0n) is 30.5. The third-order valence-electron chi connectivity index (χ3n) is 10.9. The summed E-state index contributed by atoms with van der Waals surface area (Å²) in [5.41, 5.74) is -3.33. The third-order valence-corrected chi connectivity index (χ3v) is 11.3. The van der Waals surface area contributed by atoms with E-state index in [0.29, 0.717) is 19.5 Å². The molecule has 5 atom stereocenters. The number of halogens is 6. The molecule has 0 radical (unpaired) electrons. The summed E-state index contributed by atoms with van der Waals surface area (Å²) in [6.45, 7) is 7.63. The van der Waals surface area contributed by atoms with Crippen molar-refractivity contribution < 1.29 is 36.2 Å². The van der Waals surface area contributed by atoms with Gasteiger partial charge in [0.15, 0.2) is 5.82 Å². The number of rotatable bonds is 9. The van der Waals surface area contributed by atoms with Gasteiger partial charge in [0.1, 0.15) is 29.8 Å². The van der Waals surface area contributed by atoms with E-state index in [1.165, 1.54) is 18.3 Å². The summed E-state index contributed by atoms with van der Waals surface area (Å²) in [5.74, 6) is -1.22. The van der Waals surface area contributed by atoms with E-state index in [4.69, 9.17) is 21.1 Å². The van der Waals surface area contributed by atoms with Crippen molar-refractivity contribution >= 4 is 34.2 Å². The number of hydrogen-bond acceptors (Lipinski definition) is 10. The van der Waals surface area contributed by atoms with E-state index < -0.39 is 51.6 Å². The van der Waals surface area contributed by atoms with Gasteiger partial charge in [-0.15, -0.1) is 0 Å². The molecule has 4 saturated heterocycles. The quantitative estimate of drug-likeness (QED) is 0.188. The van der Waals surface area contributed by atoms with Crippen LogP contribution >= 0.6 is 11.6 Å². The average molecular weight is 789 g/mol. The molecule has 4 aliphatic rings. The standard InChI is InChI=1S/C38H42ClF5N8O3/c1-23-18-49(19-24(2)55-23)12-4-8-30(53)52-15-14-50(21-26(52)9-11-45)35-28-17-46-33(27-6-3-7-29(39)31(27)38(42,43)44)32(41)34(28)47-36(48-35)54-22-37-10-5-13-51(37)20-25(40)16-37/h3-4,6-8,17,23-26H,5,9-10,12-16,18-22H2,1-2H3/b8-4+/t23-,24-,25+,26-,37-/m0/s1. The number of hydrogen-bond donors (Lipinski definition) is 0. The fraction of sp³-hybridized carbons (Fsp3) is 0.553. The highest BCUT2D eigenvalue weighted by molar-refractivity contribution is 6.31. The first-order valence-corrected chi connectivity index (χ1v) is 18.8. The molecule has 1 aromatic carbocycles. The van der Waals surface area contributed by atoms with Crippen LogP contribution in [0, 0.1) is 17.1 Å². The number of piperazine rings is 1. The van der Waals surface area contributed by atoms with Crippen molar-refractivity contribution in [3.63, 3.8) is 0 Å². The molecule has 1 amide bonds. The Morgan fingerprint density at radius 1 is 1.15 bits per heavy atom. The maximum atomic E-state index is 16.6. The second-order valence-electron chi connectivity index (χ2n) is 14.9. The predicted molar refractivity (Wildman–Crippen MR) is 195 cm³/mol. The van der Waals surface area contributed by atoms with Crippen molar-refractivity contribution in [3.05, 3.63) is 53.0 Å². The molecule has 294 valence electrons. The first-order chi connectivity index (χ1) is 26.3. The minimum Gasteiger partial charge on any atom is -0.461 e. The number of pyridine rings is 1. The molecule has 0 aliphatic carbocycles. The number of fused-ring (bicyclic) bond motifs is 2. The van der Waals surface area contributed by atoms with E-state index in [9.17, 15) is 27.6 Å². The molecule has 0 N–H and O–H groups in total. The normalized spacial score (nSPS) is 26.5. The SMILES string of the molecule is C[C@H]1CN(C/C=C/C(=O)N2CCN(c3nc(OC[C@@]45CCCN4C[C@H](F)C5)nc4c(F)c(-c5cccc(Cl)c5C(F)(F)F)ncc34)C[C@@H]2CC#N)C[C@H](C)O1. The molecular formula is C38H42ClF5N8O3. The summed E-state index contributed by atoms with van der Waals surface area (Å²) in [6, 6.07) is 4.78. The zero-order chi connectivity index (χ0) is 39.1. The number of nitriles is 1. The van der Waals surface area contributed by atoms with Gasteiger partial charge in [0.05, 0.1) is 52.3 Å². The molecular weight excluding hydrogens is 747 g/mol. The lowest BCUT2D eigenvalue weighted by molar-refractivity contribution is -0.137. The Morgan fingerprint density at radius 3 is 2.67 bits per heavy atom. The van der Waals surface area contributed by atoms with Crippen LogP contribution in [0.15, 0.2) is 36.5 Å². The van der Waals surface area contributed by atoms with E-state index in [1.54, 1.807) is 15.9 Å². The second-order valence-corrected chi connectivity index (χ2v) is 15.3. The summed E-state index contributed by atoms with van der Waals surface area (Å²) in [5, 5.41) is 9.24. The fourth-order valence-electron chi connectivity index (χ4n) is 8.62. The molecule has 4 fully saturated rings. The summed E-state index contributed by atoms with van der Waals surface area (Å²) in [7, 11) is 0. The molecule has 3 aromatic rings. The number of benzene rings is 1. The van der Waals surface area contributed by atoms with Crippen LogP contribution in [0.4, 0.5) is 27.8 Å². The van der Waals surface area contributed by atoms with Gasteiger partial charge in [0.2, 0.25) is 5.91 Å². The van der Waals surface area contributed by atoms with Crippen molar-refractivity contribution in [2.45, 2.75) is 75.7 Å². The van der Waals surface area contributed by atoms with E-state index in [2.05, 4.69) is 25.9 Å². The number of alkyl halides is 4. The Balaban J connectivity index is 1.21. The van der Waals surface area contributed by atoms with Crippen LogP contribution in [0.5, 0.6) is 6.01 Å². The van der Waals surface area contributed by atoms with Crippen molar-refractivity contribution in [2.75, 3.05) is 63.9 Å². The number of amides is 1. The smallest absolute Gasteiger partial charge is 0.418 e. The Kier molecular flexibility index (Phi) is 11.2. The highest BCUT2D eigenvalue weighted by Crippen LogP contribution is 2.44. The molecule has 55 heavy (non-hydrogen) atoms. The highest BCUT2D eigenvalue weighted by Gasteiger charge is 2.49. The molecule has 0 saturated carbocycles. The number of aromatic nitrogens is 3. The van der Waals surface area contributed by atoms with Gasteiger partial charge in [0.25, 0.3) is 0 Å². The number of carbonyl (C=O) groups excluding carboxylic acids is 1. The van der Waals surface area contributed by atoms with Crippen LogP contribution in [-0.2, 0) is 15.7 Å². The van der Waals surface area contributed by atoms with E-state index in [-0.39, 0.29) is 86.5 Å². The summed E-state index contributed by atoms with van der Waals surface area (Å²) in [6.07, 6.45) is 0.556. The Hall–Kier alpha value is -4.17. The number of carbonyl (C=O) groups is 1. The third kappa shape index (κ3) is 8.07. The number of anilines is 1. The maximum absolute atomic E-state index is 16.6. The highest BCUT2D eigenvalue weighted by atomic mass is 35.5. The van der Waals surface area contributed by atoms with Crippen LogP contribution in [0.3, 0.4) is 0 Å². The van der Waals surface area contributed by atoms with Gasteiger partial charge in [-0.3, -0.25) is 19.6 Å². The van der Waals surface area contributed by atoms with Crippen molar-refractivity contribution in [1.29, 1.82) is 5.26 Å². The lowest BCUT2D eigenvalue weighted by Crippen LogP contribution is -2.55. The van der Waals surface area contributed by atoms with Crippen molar-refractivity contribution in [3.8, 4) is 23.3 Å². The summed E-state index contributed by atoms with van der Waals surface area (Å²) in [4.78, 5) is 34.3. The first kappa shape index (κ1) is 39.1. The Morgan fingerprint density at radius 2 is 1.93 bits per heavy atom. The molecule has 2 aromatic heterocycles. The molecule has 7 rings (SSSR count). The van der Waals surface area contributed by atoms with Gasteiger partial charge in [-0.1, -0.05) is 29.8 Å². The summed E-state index contributed by atoms with van der Waals surface area (Å²) < 4.78 is 85.7. The Labute approximate surface area is 320 Å². The van der Waals surface area contributed by atoms with Gasteiger partial charge in [0, 0.05) is 70.1 Å². The zero-order valence-corrected chi connectivity index (χ0v) is 31.3. The van der Waals surface area contributed by atoms with Gasteiger partial charge in [-0.2, -0.15) is 28.4 Å². The van der Waals surface area contributed by atoms with Crippen LogP contribution in [0.25, 0.3) is 22.2 Å². The molecule has 17 heteroatoms. The molecule has 4 aliphatic heterocycles. The lowest BCUT2D eigenvalue weighted by Gasteiger charge is -2.41. The number of ether oxygens (including phenoxy) is 2. The lowest BCUT2D eigenvalue weighted by atomic mass is 9.95. The van der Waals surface area contributed by atoms with Gasteiger partial charge in [-0.25, -0.2) is 8.78 Å². The number of morpholine rings is 1. The first-order valence-electron chi connectivity index (χ1n) is 18.5. The monoisotopic (exact) mass is 788 g/mol. The van der Waals surface area contributed by atoms with Gasteiger partial charge >= 0.3 is 12.2 Å². The van der Waals surface area contributed by atoms with Crippen LogP contribution in [0.1, 0.15) is 45.1 Å². The number of nitrogens with zero attached hydrogens (tertiary/aromatic N) is 8. The van der Waals surface area contributed by atoms with E-state index in [0.717, 1.165) is 31.6 Å². The molecule has 0 spiro atoms. The van der Waals surface area contributed by atoms with Gasteiger partial charge in [-0.05, 0) is 39.3 Å². The molecule has 0 bridgehead atoms. The maximum Gasteiger partial charge on any atom is 0.418 e. The van der Waals surface area contributed by atoms with E-state index >= 15 is 4.39 Å². The predicted octanol–water partition coefficient (Wildman–Crippen LogP) is 6.05. The molecule has 6 heterocycles.